The van der Waals surface area contributed by atoms with Crippen LogP contribution in [0.2, 0.25) is 0 Å². The van der Waals surface area contributed by atoms with Crippen LogP contribution in [0, 0.1) is 5.92 Å². The van der Waals surface area contributed by atoms with Gasteiger partial charge in [-0.05, 0) is 24.6 Å². The normalized spacial score (nSPS) is 18.3. The van der Waals surface area contributed by atoms with Gasteiger partial charge in [0, 0.05) is 43.9 Å². The van der Waals surface area contributed by atoms with Crippen molar-refractivity contribution in [1.82, 2.24) is 24.9 Å². The van der Waals surface area contributed by atoms with Crippen LogP contribution in [0.1, 0.15) is 19.9 Å². The van der Waals surface area contributed by atoms with Gasteiger partial charge in [0.2, 0.25) is 5.91 Å². The number of alkyl halides is 2. The van der Waals surface area contributed by atoms with E-state index in [0.29, 0.717) is 40.0 Å². The van der Waals surface area contributed by atoms with Crippen LogP contribution in [0.3, 0.4) is 0 Å². The Morgan fingerprint density at radius 3 is 2.78 bits per heavy atom. The van der Waals surface area contributed by atoms with Gasteiger partial charge in [-0.3, -0.25) is 9.48 Å². The number of benzene rings is 1. The lowest BCUT2D eigenvalue weighted by atomic mass is 10.0. The number of halogens is 2. The van der Waals surface area contributed by atoms with E-state index in [4.69, 9.17) is 4.74 Å². The number of carbonyl (C=O) groups is 1. The number of carbonyl (C=O) groups excluding carboxylic acids is 1. The predicted molar refractivity (Wildman–Crippen MR) is 94.4 cm³/mol. The second-order valence-corrected chi connectivity index (χ2v) is 6.79. The minimum absolute atomic E-state index is 0.0233. The molecule has 0 radical (unpaired) electrons. The first-order valence-electron chi connectivity index (χ1n) is 8.64. The highest BCUT2D eigenvalue weighted by atomic mass is 19.3. The molecule has 1 aliphatic heterocycles. The molecule has 3 aromatic rings. The Morgan fingerprint density at radius 1 is 1.30 bits per heavy atom. The predicted octanol–water partition coefficient (Wildman–Crippen LogP) is 2.74. The van der Waals surface area contributed by atoms with Crippen LogP contribution in [0.5, 0.6) is 5.75 Å². The second kappa shape index (κ2) is 6.64. The van der Waals surface area contributed by atoms with E-state index in [1.807, 2.05) is 19.2 Å². The van der Waals surface area contributed by atoms with E-state index in [1.165, 1.54) is 12.4 Å². The summed E-state index contributed by atoms with van der Waals surface area (Å²) >= 11 is 0. The summed E-state index contributed by atoms with van der Waals surface area (Å²) in [6, 6.07) is 3.62. The van der Waals surface area contributed by atoms with Crippen molar-refractivity contribution in [3.63, 3.8) is 0 Å². The summed E-state index contributed by atoms with van der Waals surface area (Å²) in [5, 5.41) is 11.7. The number of nitrogens with zero attached hydrogens (tertiary/aromatic N) is 4. The average Bonchev–Trinajstić information content (AvgIpc) is 3.32. The summed E-state index contributed by atoms with van der Waals surface area (Å²) < 4.78 is 34.1. The van der Waals surface area contributed by atoms with Gasteiger partial charge in [-0.25, -0.2) is 4.68 Å². The van der Waals surface area contributed by atoms with Gasteiger partial charge in [0.1, 0.15) is 11.9 Å². The van der Waals surface area contributed by atoms with Gasteiger partial charge in [-0.1, -0.05) is 0 Å². The largest absolute Gasteiger partial charge is 0.490 e. The molecule has 2 aromatic heterocycles. The summed E-state index contributed by atoms with van der Waals surface area (Å²) in [4.78, 5) is 11.5. The van der Waals surface area contributed by atoms with Gasteiger partial charge in [-0.15, -0.1) is 0 Å². The third kappa shape index (κ3) is 3.36. The zero-order valence-electron chi connectivity index (χ0n) is 14.9. The summed E-state index contributed by atoms with van der Waals surface area (Å²) in [7, 11) is 1.81. The fraction of sp³-hybridized carbons (Fsp3) is 0.389. The minimum atomic E-state index is -2.69. The number of hydrogen-bond donors (Lipinski definition) is 1. The maximum Gasteiger partial charge on any atom is 0.333 e. The average molecular weight is 375 g/mol. The Bertz CT molecular complexity index is 997. The highest BCUT2D eigenvalue weighted by Crippen LogP contribution is 2.34. The van der Waals surface area contributed by atoms with Crippen molar-refractivity contribution in [3.8, 4) is 16.9 Å². The van der Waals surface area contributed by atoms with E-state index in [2.05, 4.69) is 15.5 Å². The highest BCUT2D eigenvalue weighted by Gasteiger charge is 2.28. The molecule has 1 fully saturated rings. The van der Waals surface area contributed by atoms with Crippen molar-refractivity contribution >= 4 is 16.8 Å². The lowest BCUT2D eigenvalue weighted by Crippen LogP contribution is -2.25. The number of rotatable bonds is 5. The monoisotopic (exact) mass is 375 g/mol. The molecule has 7 nitrogen and oxygen atoms in total. The van der Waals surface area contributed by atoms with E-state index >= 15 is 0 Å². The van der Waals surface area contributed by atoms with E-state index in [-0.39, 0.29) is 17.9 Å². The van der Waals surface area contributed by atoms with Crippen molar-refractivity contribution in [3.05, 3.63) is 30.7 Å². The van der Waals surface area contributed by atoms with E-state index in [0.717, 1.165) is 5.39 Å². The van der Waals surface area contributed by atoms with Crippen LogP contribution >= 0.6 is 0 Å². The maximum atomic E-state index is 12.8. The molecule has 0 saturated carbocycles. The van der Waals surface area contributed by atoms with Crippen molar-refractivity contribution in [2.45, 2.75) is 26.0 Å². The molecule has 1 amide bonds. The quantitative estimate of drug-likeness (QED) is 0.744. The van der Waals surface area contributed by atoms with Crippen LogP contribution < -0.4 is 10.1 Å². The molecular formula is C18H19F2N5O2. The van der Waals surface area contributed by atoms with E-state index in [1.54, 1.807) is 17.8 Å². The Morgan fingerprint density at radius 2 is 2.11 bits per heavy atom. The summed E-state index contributed by atoms with van der Waals surface area (Å²) in [6.45, 7) is -0.188. The van der Waals surface area contributed by atoms with Gasteiger partial charge in [-0.2, -0.15) is 19.0 Å². The number of hydrogen-bond acceptors (Lipinski definition) is 4. The lowest BCUT2D eigenvalue weighted by molar-refractivity contribution is -0.119. The zero-order valence-corrected chi connectivity index (χ0v) is 14.9. The third-order valence-electron chi connectivity index (χ3n) is 4.82. The molecule has 0 bridgehead atoms. The maximum absolute atomic E-state index is 12.8. The first kappa shape index (κ1) is 17.4. The summed E-state index contributed by atoms with van der Waals surface area (Å²) in [5.74, 6) is 0.705. The van der Waals surface area contributed by atoms with Crippen LogP contribution in [0.25, 0.3) is 22.0 Å². The molecule has 4 rings (SSSR count). The second-order valence-electron chi connectivity index (χ2n) is 6.79. The lowest BCUT2D eigenvalue weighted by Gasteiger charge is -2.20. The fourth-order valence-electron chi connectivity index (χ4n) is 3.32. The van der Waals surface area contributed by atoms with Gasteiger partial charge in [0.25, 0.3) is 0 Å². The molecule has 1 N–H and O–H groups in total. The number of amides is 1. The number of aryl methyl sites for hydroxylation is 1. The smallest absolute Gasteiger partial charge is 0.333 e. The molecule has 0 aliphatic carbocycles. The summed E-state index contributed by atoms with van der Waals surface area (Å²) in [6.07, 6.45) is 4.77. The number of nitrogens with one attached hydrogen (secondary N) is 1. The van der Waals surface area contributed by atoms with Gasteiger partial charge >= 0.3 is 6.55 Å². The number of aromatic nitrogens is 4. The van der Waals surface area contributed by atoms with Gasteiger partial charge in [0.15, 0.2) is 0 Å². The summed E-state index contributed by atoms with van der Waals surface area (Å²) in [5.41, 5.74) is 1.94. The third-order valence-corrected chi connectivity index (χ3v) is 4.82. The topological polar surface area (TPSA) is 74.0 Å². The van der Waals surface area contributed by atoms with Crippen molar-refractivity contribution in [2.75, 3.05) is 6.54 Å². The Kier molecular flexibility index (Phi) is 4.29. The standard InChI is InChI=1S/C18H19F2N5O2/c1-10(12-5-17(26)21-6-12)27-16-4-11(3-15-14(16)9-24(2)23-15)13-7-22-25(8-13)18(19)20/h3-4,7-10,12,18H,5-6H2,1-2H3,(H,21,26)/t10-,12-/m1/s1. The fourth-order valence-corrected chi connectivity index (χ4v) is 3.32. The molecule has 0 unspecified atom stereocenters. The first-order chi connectivity index (χ1) is 12.9. The van der Waals surface area contributed by atoms with Crippen LogP contribution in [0.4, 0.5) is 8.78 Å². The van der Waals surface area contributed by atoms with Gasteiger partial charge < -0.3 is 10.1 Å². The molecule has 0 spiro atoms. The number of fused-ring (bicyclic) bond motifs is 1. The zero-order chi connectivity index (χ0) is 19.1. The van der Waals surface area contributed by atoms with E-state index < -0.39 is 6.55 Å². The molecule has 1 aliphatic rings. The van der Waals surface area contributed by atoms with Gasteiger partial charge in [0.05, 0.1) is 17.1 Å². The Balaban J connectivity index is 1.70. The van der Waals surface area contributed by atoms with Crippen LogP contribution in [-0.4, -0.2) is 38.1 Å². The van der Waals surface area contributed by atoms with Crippen LogP contribution in [0.15, 0.2) is 30.7 Å². The Hall–Kier alpha value is -2.97. The molecular weight excluding hydrogens is 356 g/mol. The minimum Gasteiger partial charge on any atom is -0.490 e. The molecule has 2 atom stereocenters. The Labute approximate surface area is 153 Å². The highest BCUT2D eigenvalue weighted by molar-refractivity contribution is 5.89. The molecule has 9 heteroatoms. The molecule has 27 heavy (non-hydrogen) atoms. The van der Waals surface area contributed by atoms with Crippen molar-refractivity contribution in [1.29, 1.82) is 0 Å². The van der Waals surface area contributed by atoms with E-state index in [9.17, 15) is 13.6 Å². The first-order valence-corrected chi connectivity index (χ1v) is 8.64. The number of ether oxygens (including phenoxy) is 1. The molecule has 3 heterocycles. The molecule has 1 saturated heterocycles. The molecule has 142 valence electrons. The SMILES string of the molecule is C[C@@H](Oc1cc(-c2cnn(C(F)F)c2)cc2nn(C)cc12)[C@H]1CNC(=O)C1. The van der Waals surface area contributed by atoms with Crippen molar-refractivity contribution < 1.29 is 18.3 Å². The van der Waals surface area contributed by atoms with Crippen molar-refractivity contribution in [2.24, 2.45) is 13.0 Å². The van der Waals surface area contributed by atoms with Crippen LogP contribution in [-0.2, 0) is 11.8 Å². The molecule has 1 aromatic carbocycles.